The van der Waals surface area contributed by atoms with E-state index in [4.69, 9.17) is 11.5 Å². The Morgan fingerprint density at radius 3 is 1.49 bits per heavy atom. The fourth-order valence-electron chi connectivity index (χ4n) is 4.58. The summed E-state index contributed by atoms with van der Waals surface area (Å²) >= 11 is 5.00. The van der Waals surface area contributed by atoms with Gasteiger partial charge in [-0.2, -0.15) is 9.13 Å². The zero-order chi connectivity index (χ0) is 25.7. The van der Waals surface area contributed by atoms with Crippen LogP contribution in [0.5, 0.6) is 0 Å². The van der Waals surface area contributed by atoms with Crippen molar-refractivity contribution >= 4 is 78.4 Å². The Balaban J connectivity index is 0.00000380. The van der Waals surface area contributed by atoms with Crippen LogP contribution in [0.25, 0.3) is 21.8 Å². The first-order chi connectivity index (χ1) is 17.4. The van der Waals surface area contributed by atoms with Crippen molar-refractivity contribution in [1.29, 1.82) is 0 Å². The Morgan fingerprint density at radius 1 is 0.703 bits per heavy atom. The lowest BCUT2D eigenvalue weighted by Gasteiger charge is -2.11. The van der Waals surface area contributed by atoms with Crippen molar-refractivity contribution in [2.24, 2.45) is 0 Å². The Kier molecular flexibility index (Phi) is 10.4. The molecule has 0 bridgehead atoms. The molecule has 0 fully saturated rings. The predicted octanol–water partition coefficient (Wildman–Crippen LogP) is 5.66. The normalized spacial score (nSPS) is 12.1. The first-order valence-corrected chi connectivity index (χ1v) is 14.5. The van der Waals surface area contributed by atoms with Crippen molar-refractivity contribution in [3.63, 3.8) is 0 Å². The number of nitrogens with zero attached hydrogens (tertiary/aromatic N) is 2. The summed E-state index contributed by atoms with van der Waals surface area (Å²) in [5, 5.41) is 2.19. The van der Waals surface area contributed by atoms with Gasteiger partial charge in [0, 0.05) is 63.8 Å². The topological polar surface area (TPSA) is 91.3 Å². The maximum absolute atomic E-state index is 6.23. The number of anilines is 2. The molecule has 0 aliphatic carbocycles. The van der Waals surface area contributed by atoms with Gasteiger partial charge >= 0.3 is 0 Å². The summed E-state index contributed by atoms with van der Waals surface area (Å²) in [7, 11) is 0. The summed E-state index contributed by atoms with van der Waals surface area (Å²) in [6.45, 7) is 4.22. The number of benzene rings is 2. The number of rotatable bonds is 6. The van der Waals surface area contributed by atoms with Gasteiger partial charge in [-0.25, -0.2) is 0 Å². The minimum atomic E-state index is 0. The van der Waals surface area contributed by atoms with E-state index in [1.165, 1.54) is 0 Å². The minimum Gasteiger partial charge on any atom is -0.412 e. The van der Waals surface area contributed by atoms with Gasteiger partial charge in [-0.05, 0) is 69.2 Å². The van der Waals surface area contributed by atoms with Gasteiger partial charge in [0.05, 0.1) is 22.1 Å². The molecule has 6 N–H and O–H groups in total. The van der Waals surface area contributed by atoms with Gasteiger partial charge in [0.25, 0.3) is 0 Å². The zero-order valence-electron chi connectivity index (χ0n) is 21.1. The van der Waals surface area contributed by atoms with Crippen molar-refractivity contribution < 1.29 is 14.6 Å². The van der Waals surface area contributed by atoms with Crippen LogP contribution in [-0.2, 0) is 0 Å². The fraction of sp³-hybridized carbons (Fsp3) is 0.267. The smallest absolute Gasteiger partial charge is 0.215 e. The molecular weight excluding hydrogens is 686 g/mol. The summed E-state index contributed by atoms with van der Waals surface area (Å²) in [6.07, 6.45) is 3.50. The minimum absolute atomic E-state index is 0. The standard InChI is InChI=1S/C30H28I2N4.H2O/c1-21-19-25(33)23-13-9-11-15-27(23)35(21)29(31)17-7-5-3-4-6-8-18-30(32)36-22(2)20-26(34)24-14-10-12-16-28(24)36;/h9-16,19-20,29-30,33-34H,7-8,17-18H2,1-2H3;1H2/p+2. The zero-order valence-corrected chi connectivity index (χ0v) is 25.4. The Labute approximate surface area is 246 Å². The highest BCUT2D eigenvalue weighted by Gasteiger charge is 2.23. The molecule has 2 aromatic carbocycles. The molecule has 2 unspecified atom stereocenters. The van der Waals surface area contributed by atoms with E-state index < -0.39 is 0 Å². The quantitative estimate of drug-likeness (QED) is 0.117. The highest BCUT2D eigenvalue weighted by Crippen LogP contribution is 2.25. The van der Waals surface area contributed by atoms with Crippen LogP contribution in [0.1, 0.15) is 45.2 Å². The summed E-state index contributed by atoms with van der Waals surface area (Å²) in [6, 6.07) is 20.7. The second-order valence-corrected chi connectivity index (χ2v) is 11.7. The van der Waals surface area contributed by atoms with Crippen LogP contribution in [-0.4, -0.2) is 5.48 Å². The molecular formula is C30H32I2N4O+2. The van der Waals surface area contributed by atoms with Gasteiger partial charge in [-0.15, -0.1) is 0 Å². The van der Waals surface area contributed by atoms with E-state index in [0.717, 1.165) is 70.3 Å². The van der Waals surface area contributed by atoms with E-state index in [0.29, 0.717) is 8.10 Å². The number of nitrogens with two attached hydrogens (primary N) is 2. The lowest BCUT2D eigenvalue weighted by Crippen LogP contribution is -2.40. The number of pyridine rings is 2. The molecule has 0 saturated carbocycles. The lowest BCUT2D eigenvalue weighted by atomic mass is 10.1. The van der Waals surface area contributed by atoms with Gasteiger partial charge in [-0.1, -0.05) is 36.1 Å². The number of aromatic nitrogens is 2. The number of nitrogen functional groups attached to an aromatic ring is 2. The van der Waals surface area contributed by atoms with Gasteiger partial charge in [-0.3, -0.25) is 0 Å². The van der Waals surface area contributed by atoms with Crippen molar-refractivity contribution in [3.8, 4) is 23.7 Å². The van der Waals surface area contributed by atoms with Gasteiger partial charge in [0.1, 0.15) is 0 Å². The van der Waals surface area contributed by atoms with Crippen LogP contribution in [0, 0.1) is 37.5 Å². The molecule has 5 nitrogen and oxygen atoms in total. The maximum atomic E-state index is 6.23. The number of hydrogen-bond donors (Lipinski definition) is 2. The largest absolute Gasteiger partial charge is 0.412 e. The Bertz CT molecular complexity index is 1430. The average Bonchev–Trinajstić information content (AvgIpc) is 2.85. The Hall–Kier alpha value is -2.60. The molecule has 2 heterocycles. The fourth-order valence-corrected chi connectivity index (χ4v) is 6.68. The average molecular weight is 718 g/mol. The van der Waals surface area contributed by atoms with Crippen LogP contribution in [0.3, 0.4) is 0 Å². The van der Waals surface area contributed by atoms with E-state index in [1.54, 1.807) is 0 Å². The first-order valence-electron chi connectivity index (χ1n) is 12.0. The van der Waals surface area contributed by atoms with Crippen LogP contribution in [0.15, 0.2) is 60.7 Å². The molecule has 4 rings (SSSR count). The van der Waals surface area contributed by atoms with Crippen molar-refractivity contribution in [1.82, 2.24) is 0 Å². The van der Waals surface area contributed by atoms with E-state index in [9.17, 15) is 0 Å². The molecule has 7 heteroatoms. The molecule has 0 spiro atoms. The third kappa shape index (κ3) is 6.64. The lowest BCUT2D eigenvalue weighted by molar-refractivity contribution is -0.675. The van der Waals surface area contributed by atoms with E-state index in [2.05, 4.69) is 140 Å². The van der Waals surface area contributed by atoms with Gasteiger partial charge in [0.2, 0.25) is 19.1 Å². The van der Waals surface area contributed by atoms with E-state index in [-0.39, 0.29) is 5.48 Å². The highest BCUT2D eigenvalue weighted by molar-refractivity contribution is 14.1. The van der Waals surface area contributed by atoms with Crippen molar-refractivity contribution in [2.75, 3.05) is 11.5 Å². The molecule has 4 aromatic rings. The third-order valence-corrected chi connectivity index (χ3v) is 8.61. The molecule has 2 atom stereocenters. The molecule has 190 valence electrons. The number of alkyl halides is 2. The molecule has 2 aromatic heterocycles. The maximum Gasteiger partial charge on any atom is 0.215 e. The summed E-state index contributed by atoms with van der Waals surface area (Å²) in [5.41, 5.74) is 18.8. The van der Waals surface area contributed by atoms with Gasteiger partial charge < -0.3 is 16.9 Å². The summed E-state index contributed by atoms with van der Waals surface area (Å²) < 4.78 is 5.29. The molecule has 0 radical (unpaired) electrons. The van der Waals surface area contributed by atoms with Crippen LogP contribution in [0.2, 0.25) is 0 Å². The molecule has 0 saturated heterocycles. The third-order valence-electron chi connectivity index (χ3n) is 6.25. The monoisotopic (exact) mass is 718 g/mol. The number of halogens is 2. The summed E-state index contributed by atoms with van der Waals surface area (Å²) in [5.74, 6) is 12.6. The van der Waals surface area contributed by atoms with E-state index in [1.807, 2.05) is 12.1 Å². The molecule has 0 aliphatic rings. The molecule has 0 amide bonds. The van der Waals surface area contributed by atoms with Crippen LogP contribution < -0.4 is 20.6 Å². The second-order valence-electron chi connectivity index (χ2n) is 8.81. The van der Waals surface area contributed by atoms with Crippen LogP contribution >= 0.6 is 45.2 Å². The second kappa shape index (κ2) is 13.3. The molecule has 0 aliphatic heterocycles. The number of hydrogen-bond acceptors (Lipinski definition) is 2. The van der Waals surface area contributed by atoms with E-state index >= 15 is 0 Å². The first kappa shape index (κ1) is 29.0. The SMILES string of the molecule is Cc1cc(N)c2ccccc2[n+]1C(I)CCC#CC#CCCC(I)[n+]1c(C)cc(N)c2ccccc21.O. The van der Waals surface area contributed by atoms with Crippen LogP contribution in [0.4, 0.5) is 11.4 Å². The Morgan fingerprint density at radius 2 is 1.08 bits per heavy atom. The summed E-state index contributed by atoms with van der Waals surface area (Å²) in [4.78, 5) is 0. The van der Waals surface area contributed by atoms with Crippen molar-refractivity contribution in [2.45, 2.75) is 47.6 Å². The number of aryl methyl sites for hydroxylation is 2. The highest BCUT2D eigenvalue weighted by atomic mass is 127. The number of para-hydroxylation sites is 2. The van der Waals surface area contributed by atoms with Crippen molar-refractivity contribution in [3.05, 3.63) is 72.1 Å². The van der Waals surface area contributed by atoms with Gasteiger partial charge in [0.15, 0.2) is 11.4 Å². The molecule has 37 heavy (non-hydrogen) atoms. The number of fused-ring (bicyclic) bond motifs is 2. The predicted molar refractivity (Wildman–Crippen MR) is 170 cm³/mol.